The van der Waals surface area contributed by atoms with Crippen molar-refractivity contribution in [2.75, 3.05) is 6.61 Å². The standard InChI is InChI=1S/C13H19BrO/c1-2-3-4-5-8-11-15-13-10-7-6-9-12(13)14/h6-7,9-10H,2-5,8,11H2,1H3. The minimum atomic E-state index is 0.826. The van der Waals surface area contributed by atoms with E-state index in [4.69, 9.17) is 4.74 Å². The molecule has 0 atom stereocenters. The molecule has 0 bridgehead atoms. The molecule has 15 heavy (non-hydrogen) atoms. The van der Waals surface area contributed by atoms with Gasteiger partial charge in [0.25, 0.3) is 0 Å². The highest BCUT2D eigenvalue weighted by Crippen LogP contribution is 2.23. The Morgan fingerprint density at radius 1 is 1.07 bits per heavy atom. The third kappa shape index (κ3) is 5.22. The molecule has 0 unspecified atom stereocenters. The first-order valence-electron chi connectivity index (χ1n) is 5.72. The Bertz CT molecular complexity index is 273. The van der Waals surface area contributed by atoms with Gasteiger partial charge in [0, 0.05) is 0 Å². The Morgan fingerprint density at radius 2 is 1.80 bits per heavy atom. The van der Waals surface area contributed by atoms with Crippen molar-refractivity contribution in [3.8, 4) is 5.75 Å². The number of rotatable bonds is 7. The summed E-state index contributed by atoms with van der Waals surface area (Å²) < 4.78 is 6.71. The molecule has 1 nitrogen and oxygen atoms in total. The van der Waals surface area contributed by atoms with Crippen molar-refractivity contribution >= 4 is 15.9 Å². The van der Waals surface area contributed by atoms with Gasteiger partial charge in [-0.2, -0.15) is 0 Å². The summed E-state index contributed by atoms with van der Waals surface area (Å²) in [5, 5.41) is 0. The molecule has 0 fully saturated rings. The Balaban J connectivity index is 2.12. The minimum absolute atomic E-state index is 0.826. The zero-order valence-corrected chi connectivity index (χ0v) is 10.9. The summed E-state index contributed by atoms with van der Waals surface area (Å²) in [6, 6.07) is 8.00. The molecule has 0 saturated heterocycles. The number of hydrogen-bond acceptors (Lipinski definition) is 1. The fourth-order valence-electron chi connectivity index (χ4n) is 1.45. The van der Waals surface area contributed by atoms with Crippen molar-refractivity contribution in [3.05, 3.63) is 28.7 Å². The molecule has 0 aliphatic rings. The predicted octanol–water partition coefficient (Wildman–Crippen LogP) is 4.80. The average molecular weight is 271 g/mol. The van der Waals surface area contributed by atoms with Gasteiger partial charge in [-0.3, -0.25) is 0 Å². The van der Waals surface area contributed by atoms with E-state index in [0.717, 1.165) is 23.2 Å². The number of unbranched alkanes of at least 4 members (excludes halogenated alkanes) is 4. The maximum atomic E-state index is 5.67. The molecule has 84 valence electrons. The van der Waals surface area contributed by atoms with Gasteiger partial charge in [0.15, 0.2) is 0 Å². The zero-order chi connectivity index (χ0) is 10.9. The van der Waals surface area contributed by atoms with Crippen LogP contribution in [0, 0.1) is 0 Å². The van der Waals surface area contributed by atoms with Crippen LogP contribution in [0.3, 0.4) is 0 Å². The van der Waals surface area contributed by atoms with E-state index in [1.807, 2.05) is 24.3 Å². The van der Waals surface area contributed by atoms with E-state index in [9.17, 15) is 0 Å². The summed E-state index contributed by atoms with van der Waals surface area (Å²) in [7, 11) is 0. The van der Waals surface area contributed by atoms with Gasteiger partial charge in [0.2, 0.25) is 0 Å². The van der Waals surface area contributed by atoms with Crippen LogP contribution in [0.15, 0.2) is 28.7 Å². The van der Waals surface area contributed by atoms with Gasteiger partial charge >= 0.3 is 0 Å². The van der Waals surface area contributed by atoms with Crippen LogP contribution >= 0.6 is 15.9 Å². The van der Waals surface area contributed by atoms with E-state index in [0.29, 0.717) is 0 Å². The van der Waals surface area contributed by atoms with E-state index in [1.165, 1.54) is 25.7 Å². The van der Waals surface area contributed by atoms with Gasteiger partial charge < -0.3 is 4.74 Å². The number of benzene rings is 1. The van der Waals surface area contributed by atoms with Crippen LogP contribution in [0.25, 0.3) is 0 Å². The molecule has 0 radical (unpaired) electrons. The highest BCUT2D eigenvalue weighted by molar-refractivity contribution is 9.10. The first-order chi connectivity index (χ1) is 7.34. The smallest absolute Gasteiger partial charge is 0.133 e. The van der Waals surface area contributed by atoms with Crippen molar-refractivity contribution in [2.45, 2.75) is 39.0 Å². The Labute approximate surface area is 101 Å². The number of hydrogen-bond donors (Lipinski definition) is 0. The summed E-state index contributed by atoms with van der Waals surface area (Å²) >= 11 is 3.47. The van der Waals surface area contributed by atoms with Crippen molar-refractivity contribution in [3.63, 3.8) is 0 Å². The monoisotopic (exact) mass is 270 g/mol. The molecule has 0 aromatic heterocycles. The van der Waals surface area contributed by atoms with Crippen LogP contribution in [0.1, 0.15) is 39.0 Å². The molecule has 1 aromatic rings. The van der Waals surface area contributed by atoms with Gasteiger partial charge in [0.05, 0.1) is 11.1 Å². The molecule has 0 amide bonds. The lowest BCUT2D eigenvalue weighted by Gasteiger charge is -2.07. The zero-order valence-electron chi connectivity index (χ0n) is 9.34. The summed E-state index contributed by atoms with van der Waals surface area (Å²) in [6.07, 6.45) is 6.40. The second-order valence-corrected chi connectivity index (χ2v) is 4.55. The Kier molecular flexibility index (Phi) is 6.49. The van der Waals surface area contributed by atoms with Crippen LogP contribution in [-0.2, 0) is 0 Å². The second kappa shape index (κ2) is 7.75. The number of halogens is 1. The molecular formula is C13H19BrO. The number of ether oxygens (including phenoxy) is 1. The molecular weight excluding hydrogens is 252 g/mol. The van der Waals surface area contributed by atoms with Crippen molar-refractivity contribution in [2.24, 2.45) is 0 Å². The highest BCUT2D eigenvalue weighted by atomic mass is 79.9. The van der Waals surface area contributed by atoms with Crippen LogP contribution in [0.4, 0.5) is 0 Å². The third-order valence-electron chi connectivity index (χ3n) is 2.34. The molecule has 0 aliphatic heterocycles. The molecule has 0 saturated carbocycles. The summed E-state index contributed by atoms with van der Waals surface area (Å²) in [5.74, 6) is 0.952. The largest absolute Gasteiger partial charge is 0.492 e. The topological polar surface area (TPSA) is 9.23 Å². The third-order valence-corrected chi connectivity index (χ3v) is 3.00. The van der Waals surface area contributed by atoms with Gasteiger partial charge in [0.1, 0.15) is 5.75 Å². The average Bonchev–Trinajstić information content (AvgIpc) is 2.25. The highest BCUT2D eigenvalue weighted by Gasteiger charge is 1.98. The molecule has 0 spiro atoms. The van der Waals surface area contributed by atoms with Gasteiger partial charge in [-0.05, 0) is 34.5 Å². The van der Waals surface area contributed by atoms with Gasteiger partial charge in [-0.15, -0.1) is 0 Å². The van der Waals surface area contributed by atoms with Crippen LogP contribution in [0.2, 0.25) is 0 Å². The summed E-state index contributed by atoms with van der Waals surface area (Å²) in [5.41, 5.74) is 0. The van der Waals surface area contributed by atoms with E-state index in [-0.39, 0.29) is 0 Å². The van der Waals surface area contributed by atoms with Crippen molar-refractivity contribution in [1.29, 1.82) is 0 Å². The van der Waals surface area contributed by atoms with E-state index in [2.05, 4.69) is 22.9 Å². The Hall–Kier alpha value is -0.500. The van der Waals surface area contributed by atoms with Crippen molar-refractivity contribution in [1.82, 2.24) is 0 Å². The number of para-hydroxylation sites is 1. The molecule has 0 aliphatic carbocycles. The quantitative estimate of drug-likeness (QED) is 0.647. The molecule has 2 heteroatoms. The molecule has 1 aromatic carbocycles. The summed E-state index contributed by atoms with van der Waals surface area (Å²) in [6.45, 7) is 3.06. The fraction of sp³-hybridized carbons (Fsp3) is 0.538. The van der Waals surface area contributed by atoms with Crippen LogP contribution < -0.4 is 4.74 Å². The van der Waals surface area contributed by atoms with Crippen LogP contribution in [0.5, 0.6) is 5.75 Å². The van der Waals surface area contributed by atoms with Crippen LogP contribution in [-0.4, -0.2) is 6.61 Å². The second-order valence-electron chi connectivity index (χ2n) is 3.69. The normalized spacial score (nSPS) is 10.3. The van der Waals surface area contributed by atoms with Crippen molar-refractivity contribution < 1.29 is 4.74 Å². The minimum Gasteiger partial charge on any atom is -0.492 e. The SMILES string of the molecule is CCCCCCCOc1ccccc1Br. The summed E-state index contributed by atoms with van der Waals surface area (Å²) in [4.78, 5) is 0. The first-order valence-corrected chi connectivity index (χ1v) is 6.51. The van der Waals surface area contributed by atoms with Gasteiger partial charge in [-0.1, -0.05) is 44.7 Å². The van der Waals surface area contributed by atoms with E-state index in [1.54, 1.807) is 0 Å². The maximum absolute atomic E-state index is 5.67. The lowest BCUT2D eigenvalue weighted by molar-refractivity contribution is 0.303. The maximum Gasteiger partial charge on any atom is 0.133 e. The predicted molar refractivity (Wildman–Crippen MR) is 68.4 cm³/mol. The fourth-order valence-corrected chi connectivity index (χ4v) is 1.85. The Morgan fingerprint density at radius 3 is 2.53 bits per heavy atom. The molecule has 1 rings (SSSR count). The van der Waals surface area contributed by atoms with E-state index >= 15 is 0 Å². The molecule has 0 heterocycles. The van der Waals surface area contributed by atoms with Gasteiger partial charge in [-0.25, -0.2) is 0 Å². The first kappa shape index (κ1) is 12.6. The lowest BCUT2D eigenvalue weighted by Crippen LogP contribution is -1.97. The molecule has 0 N–H and O–H groups in total. The lowest BCUT2D eigenvalue weighted by atomic mass is 10.2. The van der Waals surface area contributed by atoms with E-state index < -0.39 is 0 Å².